The van der Waals surface area contributed by atoms with Gasteiger partial charge in [0.1, 0.15) is 0 Å². The van der Waals surface area contributed by atoms with Crippen molar-refractivity contribution in [1.29, 1.82) is 0 Å². The summed E-state index contributed by atoms with van der Waals surface area (Å²) in [5, 5.41) is 10.7. The monoisotopic (exact) mass is 353 g/mol. The summed E-state index contributed by atoms with van der Waals surface area (Å²) in [4.78, 5) is 18.1. The maximum atomic E-state index is 11.2. The van der Waals surface area contributed by atoms with Crippen molar-refractivity contribution in [3.05, 3.63) is 46.9 Å². The SMILES string of the molecule is CC(=O)Nc1cc(CN2CCC[C@H](Cc3cc(C)nc(C)c3)C2)cnn1. The summed E-state index contributed by atoms with van der Waals surface area (Å²) >= 11 is 0. The van der Waals surface area contributed by atoms with Crippen molar-refractivity contribution in [2.75, 3.05) is 18.4 Å². The summed E-state index contributed by atoms with van der Waals surface area (Å²) in [5.41, 5.74) is 4.67. The molecule has 26 heavy (non-hydrogen) atoms. The van der Waals surface area contributed by atoms with E-state index in [1.165, 1.54) is 25.3 Å². The molecule has 2 aromatic rings. The molecular formula is C20H27N5O. The molecule has 1 atom stereocenters. The van der Waals surface area contributed by atoms with Crippen molar-refractivity contribution in [2.45, 2.75) is 46.6 Å². The van der Waals surface area contributed by atoms with Crippen molar-refractivity contribution in [3.8, 4) is 0 Å². The molecule has 1 fully saturated rings. The number of aryl methyl sites for hydroxylation is 2. The quantitative estimate of drug-likeness (QED) is 0.895. The van der Waals surface area contributed by atoms with E-state index in [0.29, 0.717) is 11.7 Å². The lowest BCUT2D eigenvalue weighted by Crippen LogP contribution is -2.35. The Morgan fingerprint density at radius 1 is 1.23 bits per heavy atom. The second kappa shape index (κ2) is 8.36. The van der Waals surface area contributed by atoms with Crippen LogP contribution in [0.4, 0.5) is 5.82 Å². The lowest BCUT2D eigenvalue weighted by Gasteiger charge is -2.33. The second-order valence-corrected chi connectivity index (χ2v) is 7.34. The lowest BCUT2D eigenvalue weighted by atomic mass is 9.91. The molecule has 6 heteroatoms. The molecule has 138 valence electrons. The summed E-state index contributed by atoms with van der Waals surface area (Å²) in [6.07, 6.45) is 5.37. The highest BCUT2D eigenvalue weighted by molar-refractivity contribution is 5.87. The molecular weight excluding hydrogens is 326 g/mol. The molecule has 0 aliphatic carbocycles. The standard InChI is InChI=1S/C20H27N5O/c1-14-7-18(8-15(2)22-14)9-17-5-4-6-25(12-17)13-19-10-20(23-16(3)26)24-21-11-19/h7-8,10-11,17H,4-6,9,12-13H2,1-3H3,(H,23,24,26)/t17-/m1/s1. The topological polar surface area (TPSA) is 71.0 Å². The number of carbonyl (C=O) groups excluding carboxylic acids is 1. The van der Waals surface area contributed by atoms with Crippen molar-refractivity contribution >= 4 is 11.7 Å². The summed E-state index contributed by atoms with van der Waals surface area (Å²) in [6, 6.07) is 6.32. The lowest BCUT2D eigenvalue weighted by molar-refractivity contribution is -0.114. The highest BCUT2D eigenvalue weighted by Crippen LogP contribution is 2.23. The number of piperidine rings is 1. The van der Waals surface area contributed by atoms with Gasteiger partial charge in [-0.25, -0.2) is 0 Å². The van der Waals surface area contributed by atoms with Gasteiger partial charge in [0.15, 0.2) is 5.82 Å². The molecule has 6 nitrogen and oxygen atoms in total. The Balaban J connectivity index is 1.60. The zero-order valence-electron chi connectivity index (χ0n) is 15.8. The third-order valence-electron chi connectivity index (χ3n) is 4.69. The molecule has 3 rings (SSSR count). The number of pyridine rings is 1. The van der Waals surface area contributed by atoms with Crippen LogP contribution >= 0.6 is 0 Å². The maximum absolute atomic E-state index is 11.2. The number of hydrogen-bond donors (Lipinski definition) is 1. The van der Waals surface area contributed by atoms with Gasteiger partial charge in [-0.3, -0.25) is 14.7 Å². The van der Waals surface area contributed by atoms with Gasteiger partial charge in [0.25, 0.3) is 0 Å². The fourth-order valence-electron chi connectivity index (χ4n) is 3.83. The van der Waals surface area contributed by atoms with Gasteiger partial charge in [0, 0.05) is 31.4 Å². The molecule has 2 aromatic heterocycles. The van der Waals surface area contributed by atoms with Crippen LogP contribution in [0.15, 0.2) is 24.4 Å². The van der Waals surface area contributed by atoms with E-state index in [-0.39, 0.29) is 5.91 Å². The molecule has 1 amide bonds. The Morgan fingerprint density at radius 2 is 2.00 bits per heavy atom. The number of hydrogen-bond acceptors (Lipinski definition) is 5. The normalized spacial score (nSPS) is 17.9. The van der Waals surface area contributed by atoms with E-state index < -0.39 is 0 Å². The van der Waals surface area contributed by atoms with Gasteiger partial charge in [-0.2, -0.15) is 5.10 Å². The average Bonchev–Trinajstić information content (AvgIpc) is 2.54. The van der Waals surface area contributed by atoms with Crippen LogP contribution in [0.5, 0.6) is 0 Å². The van der Waals surface area contributed by atoms with Crippen molar-refractivity contribution in [3.63, 3.8) is 0 Å². The Bertz CT molecular complexity index is 756. The van der Waals surface area contributed by atoms with Crippen LogP contribution < -0.4 is 5.32 Å². The summed E-state index contributed by atoms with van der Waals surface area (Å²) in [7, 11) is 0. The minimum Gasteiger partial charge on any atom is -0.309 e. The van der Waals surface area contributed by atoms with E-state index >= 15 is 0 Å². The first kappa shape index (κ1) is 18.5. The van der Waals surface area contributed by atoms with E-state index in [0.717, 1.165) is 43.0 Å². The third-order valence-corrected chi connectivity index (χ3v) is 4.69. The van der Waals surface area contributed by atoms with Crippen LogP contribution in [-0.4, -0.2) is 39.1 Å². The van der Waals surface area contributed by atoms with E-state index in [1.807, 2.05) is 6.07 Å². The number of likely N-dealkylation sites (tertiary alicyclic amines) is 1. The molecule has 1 aliphatic heterocycles. The van der Waals surface area contributed by atoms with E-state index in [9.17, 15) is 4.79 Å². The van der Waals surface area contributed by atoms with Gasteiger partial charge in [0.05, 0.1) is 6.20 Å². The zero-order chi connectivity index (χ0) is 18.5. The van der Waals surface area contributed by atoms with Crippen LogP contribution in [-0.2, 0) is 17.8 Å². The van der Waals surface area contributed by atoms with Gasteiger partial charge in [-0.1, -0.05) is 0 Å². The number of rotatable bonds is 5. The van der Waals surface area contributed by atoms with E-state index in [4.69, 9.17) is 0 Å². The number of nitrogens with zero attached hydrogens (tertiary/aromatic N) is 4. The fourth-order valence-corrected chi connectivity index (χ4v) is 3.83. The molecule has 0 saturated carbocycles. The molecule has 1 aliphatic rings. The Labute approximate surface area is 155 Å². The molecule has 1 N–H and O–H groups in total. The minimum atomic E-state index is -0.127. The van der Waals surface area contributed by atoms with E-state index in [1.54, 1.807) is 6.20 Å². The number of amides is 1. The number of anilines is 1. The Kier molecular flexibility index (Phi) is 5.93. The summed E-state index contributed by atoms with van der Waals surface area (Å²) < 4.78 is 0. The van der Waals surface area contributed by atoms with Gasteiger partial charge in [-0.15, -0.1) is 5.10 Å². The van der Waals surface area contributed by atoms with Crippen LogP contribution in [0.25, 0.3) is 0 Å². The number of carbonyl (C=O) groups is 1. The fraction of sp³-hybridized carbons (Fsp3) is 0.500. The average molecular weight is 353 g/mol. The molecule has 0 spiro atoms. The largest absolute Gasteiger partial charge is 0.309 e. The second-order valence-electron chi connectivity index (χ2n) is 7.34. The number of nitrogens with one attached hydrogen (secondary N) is 1. The Morgan fingerprint density at radius 3 is 2.73 bits per heavy atom. The number of aromatic nitrogens is 3. The highest BCUT2D eigenvalue weighted by Gasteiger charge is 2.21. The predicted octanol–water partition coefficient (Wildman–Crippen LogP) is 2.90. The summed E-state index contributed by atoms with van der Waals surface area (Å²) in [5.74, 6) is 1.05. The predicted molar refractivity (Wildman–Crippen MR) is 102 cm³/mol. The van der Waals surface area contributed by atoms with Crippen LogP contribution in [0.2, 0.25) is 0 Å². The molecule has 0 aromatic carbocycles. The van der Waals surface area contributed by atoms with Crippen molar-refractivity contribution in [1.82, 2.24) is 20.1 Å². The van der Waals surface area contributed by atoms with Crippen molar-refractivity contribution in [2.24, 2.45) is 5.92 Å². The molecule has 0 bridgehead atoms. The van der Waals surface area contributed by atoms with Gasteiger partial charge in [-0.05, 0) is 74.9 Å². The van der Waals surface area contributed by atoms with Gasteiger partial charge < -0.3 is 5.32 Å². The van der Waals surface area contributed by atoms with Crippen LogP contribution in [0.3, 0.4) is 0 Å². The zero-order valence-corrected chi connectivity index (χ0v) is 15.8. The smallest absolute Gasteiger partial charge is 0.222 e. The van der Waals surface area contributed by atoms with Crippen LogP contribution in [0.1, 0.15) is 42.3 Å². The first-order chi connectivity index (χ1) is 12.5. The van der Waals surface area contributed by atoms with Gasteiger partial charge in [0.2, 0.25) is 5.91 Å². The molecule has 1 saturated heterocycles. The van der Waals surface area contributed by atoms with Gasteiger partial charge >= 0.3 is 0 Å². The molecule has 3 heterocycles. The first-order valence-electron chi connectivity index (χ1n) is 9.23. The first-order valence-corrected chi connectivity index (χ1v) is 9.23. The van der Waals surface area contributed by atoms with E-state index in [2.05, 4.69) is 51.4 Å². The minimum absolute atomic E-state index is 0.127. The maximum Gasteiger partial charge on any atom is 0.222 e. The highest BCUT2D eigenvalue weighted by atomic mass is 16.1. The third kappa shape index (κ3) is 5.33. The van der Waals surface area contributed by atoms with Crippen LogP contribution in [0, 0.1) is 19.8 Å². The van der Waals surface area contributed by atoms with Crippen molar-refractivity contribution < 1.29 is 4.79 Å². The summed E-state index contributed by atoms with van der Waals surface area (Å²) in [6.45, 7) is 8.62. The Hall–Kier alpha value is -2.34. The molecule has 0 radical (unpaired) electrons. The molecule has 0 unspecified atom stereocenters.